The number of hydrogen-bond donors (Lipinski definition) is 1. The van der Waals surface area contributed by atoms with E-state index in [1.807, 2.05) is 0 Å². The number of nitrogens with zero attached hydrogens (tertiary/aromatic N) is 2. The first-order valence-electron chi connectivity index (χ1n) is 6.70. The van der Waals surface area contributed by atoms with Crippen LogP contribution in [0.3, 0.4) is 0 Å². The van der Waals surface area contributed by atoms with E-state index in [0.29, 0.717) is 22.8 Å². The minimum absolute atomic E-state index is 0.0936. The molecule has 1 saturated carbocycles. The van der Waals surface area contributed by atoms with Crippen LogP contribution in [0.25, 0.3) is 0 Å². The number of methoxy groups -OCH3 is 1. The van der Waals surface area contributed by atoms with Gasteiger partial charge in [0.25, 0.3) is 5.91 Å². The molecule has 0 spiro atoms. The molecule has 0 unspecified atom stereocenters. The summed E-state index contributed by atoms with van der Waals surface area (Å²) in [7, 11) is 1.53. The van der Waals surface area contributed by atoms with Crippen LogP contribution in [0.2, 0.25) is 0 Å². The van der Waals surface area contributed by atoms with Crippen molar-refractivity contribution in [3.63, 3.8) is 0 Å². The highest BCUT2D eigenvalue weighted by Gasteiger charge is 2.29. The van der Waals surface area contributed by atoms with Gasteiger partial charge in [0.2, 0.25) is 0 Å². The number of nitrogens with two attached hydrogens (primary N) is 1. The van der Waals surface area contributed by atoms with Gasteiger partial charge in [-0.2, -0.15) is 0 Å². The zero-order valence-electron chi connectivity index (χ0n) is 11.5. The highest BCUT2D eigenvalue weighted by Crippen LogP contribution is 2.26. The Bertz CT molecular complexity index is 501. The van der Waals surface area contributed by atoms with Gasteiger partial charge in [0.15, 0.2) is 0 Å². The van der Waals surface area contributed by atoms with Gasteiger partial charge in [0, 0.05) is 12.2 Å². The lowest BCUT2D eigenvalue weighted by Gasteiger charge is -2.29. The van der Waals surface area contributed by atoms with E-state index in [-0.39, 0.29) is 11.9 Å². The summed E-state index contributed by atoms with van der Waals surface area (Å²) >= 11 is 4.98. The number of amides is 1. The Hall–Kier alpha value is -1.69. The summed E-state index contributed by atoms with van der Waals surface area (Å²) in [6, 6.07) is 1.88. The fourth-order valence-electron chi connectivity index (χ4n) is 2.62. The van der Waals surface area contributed by atoms with Gasteiger partial charge < -0.3 is 15.4 Å². The molecule has 5 nitrogen and oxygen atoms in total. The molecule has 1 heterocycles. The average Bonchev–Trinajstić information content (AvgIpc) is 2.97. The maximum atomic E-state index is 12.8. The van der Waals surface area contributed by atoms with Crippen LogP contribution >= 0.6 is 12.2 Å². The van der Waals surface area contributed by atoms with Crippen LogP contribution in [0, 0.1) is 0 Å². The first kappa shape index (κ1) is 14.7. The summed E-state index contributed by atoms with van der Waals surface area (Å²) in [6.45, 7) is 0.310. The third-order valence-electron chi connectivity index (χ3n) is 3.59. The van der Waals surface area contributed by atoms with Gasteiger partial charge >= 0.3 is 0 Å². The standard InChI is InChI=1S/C14H19N3O2S/c1-19-12-8-16-7-6-11(12)14(18)17(9-13(15)20)10-4-2-3-5-10/h6-8,10H,2-5,9H2,1H3,(H2,15,20). The van der Waals surface area contributed by atoms with E-state index in [1.165, 1.54) is 7.11 Å². The van der Waals surface area contributed by atoms with Gasteiger partial charge in [-0.05, 0) is 18.9 Å². The second-order valence-corrected chi connectivity index (χ2v) is 5.44. The monoisotopic (exact) mass is 293 g/mol. The van der Waals surface area contributed by atoms with Crippen molar-refractivity contribution in [2.24, 2.45) is 5.73 Å². The molecular weight excluding hydrogens is 274 g/mol. The lowest BCUT2D eigenvalue weighted by molar-refractivity contribution is 0.0711. The molecule has 1 aliphatic rings. The Morgan fingerprint density at radius 1 is 1.55 bits per heavy atom. The van der Waals surface area contributed by atoms with Gasteiger partial charge in [-0.15, -0.1) is 0 Å². The summed E-state index contributed by atoms with van der Waals surface area (Å²) in [6.07, 6.45) is 7.41. The molecule has 1 aliphatic carbocycles. The normalized spacial score (nSPS) is 15.1. The quantitative estimate of drug-likeness (QED) is 0.838. The number of pyridine rings is 1. The molecule has 1 fully saturated rings. The largest absolute Gasteiger partial charge is 0.494 e. The summed E-state index contributed by atoms with van der Waals surface area (Å²) in [4.78, 5) is 18.8. The van der Waals surface area contributed by atoms with Gasteiger partial charge in [-0.3, -0.25) is 9.78 Å². The third kappa shape index (κ3) is 3.25. The molecule has 2 N–H and O–H groups in total. The molecule has 1 amide bonds. The van der Waals surface area contributed by atoms with Crippen molar-refractivity contribution in [2.75, 3.05) is 13.7 Å². The molecule has 0 saturated heterocycles. The third-order valence-corrected chi connectivity index (χ3v) is 3.72. The zero-order valence-corrected chi connectivity index (χ0v) is 12.4. The van der Waals surface area contributed by atoms with Crippen LogP contribution in [0.5, 0.6) is 5.75 Å². The second kappa shape index (κ2) is 6.65. The van der Waals surface area contributed by atoms with Crippen LogP contribution in [0.1, 0.15) is 36.0 Å². The van der Waals surface area contributed by atoms with E-state index in [2.05, 4.69) is 4.98 Å². The molecule has 0 aliphatic heterocycles. The molecule has 108 valence electrons. The predicted octanol–water partition coefficient (Wildman–Crippen LogP) is 1.76. The fourth-order valence-corrected chi connectivity index (χ4v) is 2.76. The Kier molecular flexibility index (Phi) is 4.89. The van der Waals surface area contributed by atoms with Crippen LogP contribution in [-0.4, -0.2) is 40.5 Å². The van der Waals surface area contributed by atoms with Crippen LogP contribution in [-0.2, 0) is 0 Å². The van der Waals surface area contributed by atoms with Crippen molar-refractivity contribution >= 4 is 23.1 Å². The molecule has 0 radical (unpaired) electrons. The second-order valence-electron chi connectivity index (χ2n) is 4.91. The molecule has 2 rings (SSSR count). The number of rotatable bonds is 5. The molecule has 0 bridgehead atoms. The zero-order chi connectivity index (χ0) is 14.5. The number of hydrogen-bond acceptors (Lipinski definition) is 4. The Morgan fingerprint density at radius 3 is 2.85 bits per heavy atom. The van der Waals surface area contributed by atoms with E-state index < -0.39 is 0 Å². The average molecular weight is 293 g/mol. The number of aromatic nitrogens is 1. The van der Waals surface area contributed by atoms with E-state index >= 15 is 0 Å². The van der Waals surface area contributed by atoms with E-state index in [0.717, 1.165) is 25.7 Å². The van der Waals surface area contributed by atoms with Crippen molar-refractivity contribution in [1.29, 1.82) is 0 Å². The predicted molar refractivity (Wildman–Crippen MR) is 80.9 cm³/mol. The first-order valence-corrected chi connectivity index (χ1v) is 7.11. The number of carbonyl (C=O) groups is 1. The van der Waals surface area contributed by atoms with Crippen molar-refractivity contribution in [3.05, 3.63) is 24.0 Å². The fraction of sp³-hybridized carbons (Fsp3) is 0.500. The maximum absolute atomic E-state index is 12.8. The minimum atomic E-state index is -0.0936. The van der Waals surface area contributed by atoms with Crippen LogP contribution < -0.4 is 10.5 Å². The summed E-state index contributed by atoms with van der Waals surface area (Å²) in [5.74, 6) is 0.382. The number of carbonyl (C=O) groups excluding carboxylic acids is 1. The lowest BCUT2D eigenvalue weighted by atomic mass is 10.1. The molecular formula is C14H19N3O2S. The number of ether oxygens (including phenoxy) is 1. The summed E-state index contributed by atoms with van der Waals surface area (Å²) < 4.78 is 5.21. The van der Waals surface area contributed by atoms with Crippen molar-refractivity contribution in [2.45, 2.75) is 31.7 Å². The van der Waals surface area contributed by atoms with Crippen LogP contribution in [0.15, 0.2) is 18.5 Å². The molecule has 1 aromatic heterocycles. The van der Waals surface area contributed by atoms with Crippen molar-refractivity contribution < 1.29 is 9.53 Å². The SMILES string of the molecule is COc1cnccc1C(=O)N(CC(N)=S)C1CCCC1. The summed E-state index contributed by atoms with van der Waals surface area (Å²) in [5, 5.41) is 0. The Labute approximate surface area is 124 Å². The van der Waals surface area contributed by atoms with E-state index in [1.54, 1.807) is 23.4 Å². The minimum Gasteiger partial charge on any atom is -0.494 e. The van der Waals surface area contributed by atoms with E-state index in [4.69, 9.17) is 22.7 Å². The topological polar surface area (TPSA) is 68.5 Å². The summed E-state index contributed by atoms with van der Waals surface area (Å²) in [5.41, 5.74) is 6.15. The van der Waals surface area contributed by atoms with Gasteiger partial charge in [0.05, 0.1) is 30.4 Å². The Balaban J connectivity index is 2.27. The highest BCUT2D eigenvalue weighted by molar-refractivity contribution is 7.80. The lowest BCUT2D eigenvalue weighted by Crippen LogP contribution is -2.43. The van der Waals surface area contributed by atoms with Gasteiger partial charge in [-0.1, -0.05) is 25.1 Å². The first-order chi connectivity index (χ1) is 9.63. The maximum Gasteiger partial charge on any atom is 0.258 e. The molecule has 0 atom stereocenters. The van der Waals surface area contributed by atoms with E-state index in [9.17, 15) is 4.79 Å². The molecule has 0 aromatic carbocycles. The number of thiocarbonyl (C=S) groups is 1. The van der Waals surface area contributed by atoms with Crippen molar-refractivity contribution in [3.8, 4) is 5.75 Å². The molecule has 6 heteroatoms. The molecule has 20 heavy (non-hydrogen) atoms. The van der Waals surface area contributed by atoms with Crippen LogP contribution in [0.4, 0.5) is 0 Å². The smallest absolute Gasteiger partial charge is 0.258 e. The van der Waals surface area contributed by atoms with Gasteiger partial charge in [0.1, 0.15) is 5.75 Å². The highest BCUT2D eigenvalue weighted by atomic mass is 32.1. The molecule has 1 aromatic rings. The Morgan fingerprint density at radius 2 is 2.25 bits per heavy atom. The van der Waals surface area contributed by atoms with Gasteiger partial charge in [-0.25, -0.2) is 0 Å². The van der Waals surface area contributed by atoms with Crippen molar-refractivity contribution in [1.82, 2.24) is 9.88 Å².